The van der Waals surface area contributed by atoms with E-state index in [1.165, 1.54) is 51.4 Å². The van der Waals surface area contributed by atoms with Crippen LogP contribution < -0.4 is 0 Å². The third-order valence-corrected chi connectivity index (χ3v) is 4.01. The Labute approximate surface area is 131 Å². The fourth-order valence-electron chi connectivity index (χ4n) is 2.31. The van der Waals surface area contributed by atoms with Gasteiger partial charge in [0.15, 0.2) is 0 Å². The van der Waals surface area contributed by atoms with Gasteiger partial charge in [0.2, 0.25) is 0 Å². The van der Waals surface area contributed by atoms with E-state index in [0.717, 1.165) is 18.8 Å². The van der Waals surface area contributed by atoms with Crippen LogP contribution in [-0.2, 0) is 9.53 Å². The molecule has 2 unspecified atom stereocenters. The predicted octanol–water partition coefficient (Wildman–Crippen LogP) is 4.86. The molecule has 0 amide bonds. The van der Waals surface area contributed by atoms with E-state index in [0.29, 0.717) is 6.42 Å². The maximum atomic E-state index is 11.3. The SMILES string of the molecule is CCC(C)CCCCCCCCCCC(=O)OCC(C)O. The van der Waals surface area contributed by atoms with Gasteiger partial charge in [-0.05, 0) is 19.3 Å². The summed E-state index contributed by atoms with van der Waals surface area (Å²) in [6.45, 7) is 6.35. The van der Waals surface area contributed by atoms with Gasteiger partial charge in [0, 0.05) is 6.42 Å². The molecule has 0 rings (SSSR count). The monoisotopic (exact) mass is 300 g/mol. The number of carbonyl (C=O) groups excluding carboxylic acids is 1. The smallest absolute Gasteiger partial charge is 0.305 e. The molecule has 0 aromatic heterocycles. The molecule has 0 aliphatic heterocycles. The molecule has 0 fully saturated rings. The molecule has 21 heavy (non-hydrogen) atoms. The van der Waals surface area contributed by atoms with Gasteiger partial charge in [0.05, 0.1) is 6.10 Å². The Morgan fingerprint density at radius 2 is 1.48 bits per heavy atom. The highest BCUT2D eigenvalue weighted by Crippen LogP contribution is 2.15. The molecule has 0 saturated heterocycles. The number of esters is 1. The van der Waals surface area contributed by atoms with E-state index >= 15 is 0 Å². The minimum absolute atomic E-state index is 0.121. The van der Waals surface area contributed by atoms with Crippen molar-refractivity contribution in [1.82, 2.24) is 0 Å². The number of ether oxygens (including phenoxy) is 1. The minimum atomic E-state index is -0.561. The van der Waals surface area contributed by atoms with Crippen LogP contribution in [0.25, 0.3) is 0 Å². The Bertz CT molecular complexity index is 239. The summed E-state index contributed by atoms with van der Waals surface area (Å²) in [5, 5.41) is 9.00. The van der Waals surface area contributed by atoms with E-state index in [4.69, 9.17) is 9.84 Å². The second kappa shape index (κ2) is 14.4. The van der Waals surface area contributed by atoms with Gasteiger partial charge in [-0.25, -0.2) is 0 Å². The molecule has 0 aromatic rings. The standard InChI is InChI=1S/C18H36O3/c1-4-16(2)13-11-9-7-5-6-8-10-12-14-18(20)21-15-17(3)19/h16-17,19H,4-15H2,1-3H3. The summed E-state index contributed by atoms with van der Waals surface area (Å²) in [5.74, 6) is 0.708. The third-order valence-electron chi connectivity index (χ3n) is 4.01. The van der Waals surface area contributed by atoms with Crippen molar-refractivity contribution in [2.45, 2.75) is 97.5 Å². The van der Waals surface area contributed by atoms with Gasteiger partial charge in [0.25, 0.3) is 0 Å². The molecule has 0 spiro atoms. The topological polar surface area (TPSA) is 46.5 Å². The van der Waals surface area contributed by atoms with E-state index < -0.39 is 6.10 Å². The average molecular weight is 300 g/mol. The summed E-state index contributed by atoms with van der Waals surface area (Å²) in [6, 6.07) is 0. The van der Waals surface area contributed by atoms with E-state index in [-0.39, 0.29) is 12.6 Å². The Balaban J connectivity index is 3.17. The highest BCUT2D eigenvalue weighted by Gasteiger charge is 2.04. The van der Waals surface area contributed by atoms with Gasteiger partial charge in [-0.15, -0.1) is 0 Å². The Hall–Kier alpha value is -0.570. The lowest BCUT2D eigenvalue weighted by Crippen LogP contribution is -2.14. The predicted molar refractivity (Wildman–Crippen MR) is 88.3 cm³/mol. The van der Waals surface area contributed by atoms with Gasteiger partial charge in [-0.3, -0.25) is 4.79 Å². The first-order valence-electron chi connectivity index (χ1n) is 8.90. The Morgan fingerprint density at radius 3 is 2.00 bits per heavy atom. The van der Waals surface area contributed by atoms with Crippen molar-refractivity contribution >= 4 is 5.97 Å². The van der Waals surface area contributed by atoms with Gasteiger partial charge >= 0.3 is 5.97 Å². The molecule has 0 radical (unpaired) electrons. The largest absolute Gasteiger partial charge is 0.463 e. The van der Waals surface area contributed by atoms with Crippen LogP contribution >= 0.6 is 0 Å². The Morgan fingerprint density at radius 1 is 0.952 bits per heavy atom. The van der Waals surface area contributed by atoms with Crippen molar-refractivity contribution in [2.75, 3.05) is 6.61 Å². The van der Waals surface area contributed by atoms with Crippen molar-refractivity contribution in [3.05, 3.63) is 0 Å². The first kappa shape index (κ1) is 20.4. The molecule has 0 aromatic carbocycles. The quantitative estimate of drug-likeness (QED) is 0.368. The number of aliphatic hydroxyl groups is 1. The number of rotatable bonds is 14. The molecule has 0 saturated carbocycles. The van der Waals surface area contributed by atoms with Crippen LogP contribution in [0.4, 0.5) is 0 Å². The normalized spacial score (nSPS) is 13.9. The zero-order valence-electron chi connectivity index (χ0n) is 14.4. The zero-order chi connectivity index (χ0) is 15.9. The van der Waals surface area contributed by atoms with Crippen LogP contribution in [0, 0.1) is 5.92 Å². The van der Waals surface area contributed by atoms with Crippen LogP contribution in [0.1, 0.15) is 91.4 Å². The van der Waals surface area contributed by atoms with Crippen LogP contribution in [0.15, 0.2) is 0 Å². The second-order valence-electron chi connectivity index (χ2n) is 6.41. The lowest BCUT2D eigenvalue weighted by Gasteiger charge is -2.07. The number of aliphatic hydroxyl groups excluding tert-OH is 1. The average Bonchev–Trinajstić information content (AvgIpc) is 2.46. The molecule has 0 heterocycles. The maximum absolute atomic E-state index is 11.3. The lowest BCUT2D eigenvalue weighted by atomic mass is 9.99. The zero-order valence-corrected chi connectivity index (χ0v) is 14.4. The molecule has 0 aliphatic carbocycles. The molecule has 3 heteroatoms. The van der Waals surface area contributed by atoms with Gasteiger partial charge in [0.1, 0.15) is 6.61 Å². The van der Waals surface area contributed by atoms with Gasteiger partial charge < -0.3 is 9.84 Å². The first-order valence-corrected chi connectivity index (χ1v) is 8.90. The summed E-state index contributed by atoms with van der Waals surface area (Å²) in [6.07, 6.45) is 12.6. The van der Waals surface area contributed by atoms with E-state index in [2.05, 4.69) is 13.8 Å². The second-order valence-corrected chi connectivity index (χ2v) is 6.41. The summed E-state index contributed by atoms with van der Waals surface area (Å²) >= 11 is 0. The van der Waals surface area contributed by atoms with Crippen molar-refractivity contribution < 1.29 is 14.6 Å². The molecule has 3 nitrogen and oxygen atoms in total. The van der Waals surface area contributed by atoms with E-state index in [9.17, 15) is 4.79 Å². The lowest BCUT2D eigenvalue weighted by molar-refractivity contribution is -0.146. The van der Waals surface area contributed by atoms with E-state index in [1.54, 1.807) is 6.92 Å². The van der Waals surface area contributed by atoms with Gasteiger partial charge in [-0.2, -0.15) is 0 Å². The molecule has 0 bridgehead atoms. The van der Waals surface area contributed by atoms with Crippen molar-refractivity contribution in [1.29, 1.82) is 0 Å². The molecular formula is C18H36O3. The highest BCUT2D eigenvalue weighted by atomic mass is 16.5. The van der Waals surface area contributed by atoms with Crippen LogP contribution in [0.3, 0.4) is 0 Å². The third kappa shape index (κ3) is 15.6. The van der Waals surface area contributed by atoms with Crippen molar-refractivity contribution in [2.24, 2.45) is 5.92 Å². The number of carbonyl (C=O) groups is 1. The van der Waals surface area contributed by atoms with Crippen LogP contribution in [0.5, 0.6) is 0 Å². The van der Waals surface area contributed by atoms with Crippen molar-refractivity contribution in [3.63, 3.8) is 0 Å². The first-order chi connectivity index (χ1) is 10.1. The number of unbranched alkanes of at least 4 members (excludes halogenated alkanes) is 7. The van der Waals surface area contributed by atoms with Crippen LogP contribution in [-0.4, -0.2) is 23.8 Å². The molecular weight excluding hydrogens is 264 g/mol. The molecule has 2 atom stereocenters. The summed E-state index contributed by atoms with van der Waals surface area (Å²) in [5.41, 5.74) is 0. The Kier molecular flexibility index (Phi) is 14.0. The fourth-order valence-corrected chi connectivity index (χ4v) is 2.31. The highest BCUT2D eigenvalue weighted by molar-refractivity contribution is 5.69. The summed E-state index contributed by atoms with van der Waals surface area (Å²) in [4.78, 5) is 11.3. The van der Waals surface area contributed by atoms with Crippen molar-refractivity contribution in [3.8, 4) is 0 Å². The maximum Gasteiger partial charge on any atom is 0.305 e. The summed E-state index contributed by atoms with van der Waals surface area (Å²) < 4.78 is 4.91. The summed E-state index contributed by atoms with van der Waals surface area (Å²) in [7, 11) is 0. The number of hydrogen-bond acceptors (Lipinski definition) is 3. The molecule has 0 aliphatic rings. The van der Waals surface area contributed by atoms with Crippen LogP contribution in [0.2, 0.25) is 0 Å². The molecule has 126 valence electrons. The minimum Gasteiger partial charge on any atom is -0.463 e. The fraction of sp³-hybridized carbons (Fsp3) is 0.944. The van der Waals surface area contributed by atoms with Gasteiger partial charge in [-0.1, -0.05) is 71.6 Å². The number of hydrogen-bond donors (Lipinski definition) is 1. The molecule has 1 N–H and O–H groups in total. The van der Waals surface area contributed by atoms with E-state index in [1.807, 2.05) is 0 Å².